The number of carbonyl (C=O) groups is 1. The Labute approximate surface area is 133 Å². The zero-order chi connectivity index (χ0) is 17.9. The molecule has 4 heteroatoms. The second-order valence-electron chi connectivity index (χ2n) is 7.54. The first kappa shape index (κ1) is 20.3. The highest BCUT2D eigenvalue weighted by Crippen LogP contribution is 2.43. The predicted octanol–water partition coefficient (Wildman–Crippen LogP) is 4.48. The third-order valence-electron chi connectivity index (χ3n) is 3.39. The van der Waals surface area contributed by atoms with Crippen LogP contribution in [0.4, 0.5) is 0 Å². The summed E-state index contributed by atoms with van der Waals surface area (Å²) in [7, 11) is 0. The fourth-order valence-corrected chi connectivity index (χ4v) is 2.24. The standard InChI is InChI=1S/C15H24O2.C3H6O2/c1-9-11(16)8-10(14(2,3)4)13(17)12(9)15(5,6)7;1-2-3(4)5/h8,16-17H,1-7H3;2H2,1H3,(H,4,5). The van der Waals surface area contributed by atoms with Crippen LogP contribution in [0, 0.1) is 6.92 Å². The van der Waals surface area contributed by atoms with Crippen LogP contribution >= 0.6 is 0 Å². The Hall–Kier alpha value is -1.71. The number of rotatable bonds is 1. The third-order valence-corrected chi connectivity index (χ3v) is 3.39. The second-order valence-corrected chi connectivity index (χ2v) is 7.54. The molecule has 22 heavy (non-hydrogen) atoms. The number of phenols is 2. The Balaban J connectivity index is 0.000000763. The van der Waals surface area contributed by atoms with Gasteiger partial charge in [-0.1, -0.05) is 48.5 Å². The Bertz CT molecular complexity index is 531. The quantitative estimate of drug-likeness (QED) is 0.668. The van der Waals surface area contributed by atoms with E-state index in [0.717, 1.165) is 16.7 Å². The molecule has 0 spiro atoms. The van der Waals surface area contributed by atoms with Crippen molar-refractivity contribution in [3.05, 3.63) is 22.8 Å². The van der Waals surface area contributed by atoms with Gasteiger partial charge in [-0.3, -0.25) is 4.79 Å². The first-order valence-electron chi connectivity index (χ1n) is 7.51. The lowest BCUT2D eigenvalue weighted by atomic mass is 9.77. The summed E-state index contributed by atoms with van der Waals surface area (Å²) in [6.45, 7) is 15.7. The van der Waals surface area contributed by atoms with Crippen LogP contribution in [-0.4, -0.2) is 21.3 Å². The van der Waals surface area contributed by atoms with Gasteiger partial charge < -0.3 is 15.3 Å². The van der Waals surface area contributed by atoms with E-state index in [4.69, 9.17) is 5.11 Å². The Morgan fingerprint density at radius 1 is 1.05 bits per heavy atom. The highest BCUT2D eigenvalue weighted by atomic mass is 16.4. The first-order valence-corrected chi connectivity index (χ1v) is 7.51. The van der Waals surface area contributed by atoms with Crippen molar-refractivity contribution >= 4 is 5.97 Å². The number of hydrogen-bond acceptors (Lipinski definition) is 3. The number of aromatic hydroxyl groups is 2. The average molecular weight is 310 g/mol. The second kappa shape index (κ2) is 7.03. The van der Waals surface area contributed by atoms with Crippen LogP contribution in [0.2, 0.25) is 0 Å². The lowest BCUT2D eigenvalue weighted by molar-refractivity contribution is -0.136. The molecule has 1 aromatic carbocycles. The molecule has 1 rings (SSSR count). The van der Waals surface area contributed by atoms with Gasteiger partial charge >= 0.3 is 5.97 Å². The maximum atomic E-state index is 10.5. The summed E-state index contributed by atoms with van der Waals surface area (Å²) in [5, 5.41) is 28.2. The molecule has 1 aromatic rings. The minimum Gasteiger partial charge on any atom is -0.508 e. The third kappa shape index (κ3) is 5.24. The van der Waals surface area contributed by atoms with Crippen molar-refractivity contribution in [2.45, 2.75) is 72.6 Å². The Kier molecular flexibility index (Phi) is 6.49. The molecule has 0 saturated carbocycles. The van der Waals surface area contributed by atoms with Crippen LogP contribution in [0.5, 0.6) is 11.5 Å². The average Bonchev–Trinajstić information content (AvgIpc) is 2.31. The van der Waals surface area contributed by atoms with E-state index in [2.05, 4.69) is 0 Å². The molecule has 0 atom stereocenters. The fourth-order valence-electron chi connectivity index (χ4n) is 2.24. The summed E-state index contributed by atoms with van der Waals surface area (Å²) in [6, 6.07) is 1.68. The van der Waals surface area contributed by atoms with Gasteiger partial charge in [-0.25, -0.2) is 0 Å². The number of carboxylic acids is 1. The molecule has 0 saturated heterocycles. The molecule has 0 radical (unpaired) electrons. The van der Waals surface area contributed by atoms with Crippen molar-refractivity contribution in [1.82, 2.24) is 0 Å². The fraction of sp³-hybridized carbons (Fsp3) is 0.611. The predicted molar refractivity (Wildman–Crippen MR) is 89.8 cm³/mol. The van der Waals surface area contributed by atoms with E-state index < -0.39 is 5.97 Å². The lowest BCUT2D eigenvalue weighted by Gasteiger charge is -2.29. The van der Waals surface area contributed by atoms with Gasteiger partial charge in [0.2, 0.25) is 0 Å². The maximum absolute atomic E-state index is 10.5. The molecule has 0 aliphatic rings. The van der Waals surface area contributed by atoms with E-state index >= 15 is 0 Å². The Morgan fingerprint density at radius 2 is 1.45 bits per heavy atom. The molecule has 0 fully saturated rings. The summed E-state index contributed by atoms with van der Waals surface area (Å²) >= 11 is 0. The number of hydrogen-bond donors (Lipinski definition) is 3. The summed E-state index contributed by atoms with van der Waals surface area (Å²) in [6.07, 6.45) is 0.222. The highest BCUT2D eigenvalue weighted by Gasteiger charge is 2.28. The van der Waals surface area contributed by atoms with E-state index in [-0.39, 0.29) is 23.0 Å². The molecule has 0 amide bonds. The molecule has 0 aliphatic heterocycles. The molecule has 4 nitrogen and oxygen atoms in total. The van der Waals surface area contributed by atoms with E-state index in [9.17, 15) is 15.0 Å². The molecule has 3 N–H and O–H groups in total. The van der Waals surface area contributed by atoms with E-state index in [1.165, 1.54) is 0 Å². The van der Waals surface area contributed by atoms with Crippen LogP contribution in [-0.2, 0) is 15.6 Å². The zero-order valence-electron chi connectivity index (χ0n) is 15.0. The summed E-state index contributed by atoms with van der Waals surface area (Å²) in [5.74, 6) is -0.164. The largest absolute Gasteiger partial charge is 0.508 e. The van der Waals surface area contributed by atoms with E-state index in [0.29, 0.717) is 5.75 Å². The van der Waals surface area contributed by atoms with Crippen molar-refractivity contribution in [3.8, 4) is 11.5 Å². The van der Waals surface area contributed by atoms with Gasteiger partial charge in [0.1, 0.15) is 11.5 Å². The van der Waals surface area contributed by atoms with Crippen LogP contribution in [0.25, 0.3) is 0 Å². The van der Waals surface area contributed by atoms with Gasteiger partial charge in [-0.2, -0.15) is 0 Å². The molecule has 0 unspecified atom stereocenters. The van der Waals surface area contributed by atoms with Gasteiger partial charge in [0.25, 0.3) is 0 Å². The number of phenolic OH excluding ortho intramolecular Hbond substituents is 2. The molecule has 0 heterocycles. The van der Waals surface area contributed by atoms with Crippen LogP contribution in [0.15, 0.2) is 6.07 Å². The van der Waals surface area contributed by atoms with Crippen molar-refractivity contribution in [1.29, 1.82) is 0 Å². The lowest BCUT2D eigenvalue weighted by Crippen LogP contribution is -2.18. The molecular weight excluding hydrogens is 280 g/mol. The number of aliphatic carboxylic acids is 1. The smallest absolute Gasteiger partial charge is 0.303 e. The summed E-state index contributed by atoms with van der Waals surface area (Å²) in [4.78, 5) is 9.37. The van der Waals surface area contributed by atoms with Gasteiger partial charge in [-0.05, 0) is 29.4 Å². The Morgan fingerprint density at radius 3 is 1.73 bits per heavy atom. The summed E-state index contributed by atoms with van der Waals surface area (Å²) in [5.41, 5.74) is 2.03. The van der Waals surface area contributed by atoms with Crippen molar-refractivity contribution < 1.29 is 20.1 Å². The topological polar surface area (TPSA) is 77.8 Å². The zero-order valence-corrected chi connectivity index (χ0v) is 15.0. The van der Waals surface area contributed by atoms with Crippen molar-refractivity contribution in [2.24, 2.45) is 0 Å². The van der Waals surface area contributed by atoms with E-state index in [1.807, 2.05) is 48.5 Å². The van der Waals surface area contributed by atoms with Gasteiger partial charge in [-0.15, -0.1) is 0 Å². The van der Waals surface area contributed by atoms with Gasteiger partial charge in [0, 0.05) is 17.5 Å². The maximum Gasteiger partial charge on any atom is 0.303 e. The normalized spacial score (nSPS) is 11.6. The van der Waals surface area contributed by atoms with E-state index in [1.54, 1.807) is 13.0 Å². The van der Waals surface area contributed by atoms with Crippen LogP contribution < -0.4 is 0 Å². The molecular formula is C18H30O4. The highest BCUT2D eigenvalue weighted by molar-refractivity contribution is 5.66. The number of benzene rings is 1. The van der Waals surface area contributed by atoms with Gasteiger partial charge in [0.05, 0.1) is 0 Å². The van der Waals surface area contributed by atoms with Crippen molar-refractivity contribution in [3.63, 3.8) is 0 Å². The minimum absolute atomic E-state index is 0.185. The summed E-state index contributed by atoms with van der Waals surface area (Å²) < 4.78 is 0. The minimum atomic E-state index is -0.745. The molecule has 0 aliphatic carbocycles. The van der Waals surface area contributed by atoms with Gasteiger partial charge in [0.15, 0.2) is 0 Å². The van der Waals surface area contributed by atoms with Crippen molar-refractivity contribution in [2.75, 3.05) is 0 Å². The van der Waals surface area contributed by atoms with Crippen LogP contribution in [0.3, 0.4) is 0 Å². The first-order chi connectivity index (χ1) is 9.73. The monoisotopic (exact) mass is 310 g/mol. The molecule has 126 valence electrons. The molecule has 0 bridgehead atoms. The molecule has 0 aromatic heterocycles. The number of carboxylic acid groups (broad SMARTS) is 1. The SMILES string of the molecule is CCC(=O)O.Cc1c(O)cc(C(C)(C)C)c(O)c1C(C)(C)C. The van der Waals surface area contributed by atoms with Crippen LogP contribution in [0.1, 0.15) is 71.6 Å².